The SMILES string of the molecule is CCC(=O)N(C)c1ccc(-c2ccc(C(=O)CCc3ccc(F)nc3F)cc2O)cc1F. The highest BCUT2D eigenvalue weighted by molar-refractivity contribution is 5.97. The van der Waals surface area contributed by atoms with Gasteiger partial charge in [0.25, 0.3) is 0 Å². The number of halogens is 3. The fourth-order valence-corrected chi connectivity index (χ4v) is 3.29. The first kappa shape index (κ1) is 23.0. The average Bonchev–Trinajstić information content (AvgIpc) is 2.77. The van der Waals surface area contributed by atoms with Crippen LogP contribution in [0.2, 0.25) is 0 Å². The van der Waals surface area contributed by atoms with E-state index in [1.807, 2.05) is 0 Å². The number of anilines is 1. The summed E-state index contributed by atoms with van der Waals surface area (Å²) in [6.07, 6.45) is 0.194. The van der Waals surface area contributed by atoms with Crippen LogP contribution in [0.3, 0.4) is 0 Å². The fraction of sp³-hybridized carbons (Fsp3) is 0.208. The largest absolute Gasteiger partial charge is 0.507 e. The summed E-state index contributed by atoms with van der Waals surface area (Å²) < 4.78 is 41.1. The molecule has 0 spiro atoms. The quantitative estimate of drug-likeness (QED) is 0.410. The Morgan fingerprint density at radius 1 is 1.03 bits per heavy atom. The maximum Gasteiger partial charge on any atom is 0.226 e. The Morgan fingerprint density at radius 3 is 2.41 bits per heavy atom. The number of hydrogen-bond acceptors (Lipinski definition) is 4. The van der Waals surface area contributed by atoms with Gasteiger partial charge < -0.3 is 10.0 Å². The molecule has 32 heavy (non-hydrogen) atoms. The van der Waals surface area contributed by atoms with Crippen molar-refractivity contribution in [2.24, 2.45) is 0 Å². The first-order valence-electron chi connectivity index (χ1n) is 9.94. The van der Waals surface area contributed by atoms with Gasteiger partial charge >= 0.3 is 0 Å². The van der Waals surface area contributed by atoms with Crippen LogP contribution >= 0.6 is 0 Å². The van der Waals surface area contributed by atoms with E-state index in [-0.39, 0.29) is 53.5 Å². The highest BCUT2D eigenvalue weighted by atomic mass is 19.1. The number of rotatable bonds is 7. The van der Waals surface area contributed by atoms with Crippen LogP contribution < -0.4 is 4.90 Å². The number of phenols is 1. The lowest BCUT2D eigenvalue weighted by Crippen LogP contribution is -2.25. The van der Waals surface area contributed by atoms with E-state index in [0.717, 1.165) is 6.07 Å². The number of ketones is 1. The molecule has 1 N–H and O–H groups in total. The Kier molecular flexibility index (Phi) is 6.92. The monoisotopic (exact) mass is 442 g/mol. The fourth-order valence-electron chi connectivity index (χ4n) is 3.29. The molecule has 3 aromatic rings. The number of aromatic hydroxyl groups is 1. The number of hydrogen-bond donors (Lipinski definition) is 1. The van der Waals surface area contributed by atoms with Crippen LogP contribution in [0.1, 0.15) is 35.7 Å². The maximum absolute atomic E-state index is 14.6. The van der Waals surface area contributed by atoms with E-state index in [9.17, 15) is 27.9 Å². The number of Topliss-reactive ketones (excluding diaryl/α,β-unsaturated/α-hetero) is 1. The van der Waals surface area contributed by atoms with E-state index >= 15 is 0 Å². The molecule has 0 saturated carbocycles. The summed E-state index contributed by atoms with van der Waals surface area (Å²) in [7, 11) is 1.48. The molecule has 5 nitrogen and oxygen atoms in total. The van der Waals surface area contributed by atoms with Crippen molar-refractivity contribution in [3.8, 4) is 16.9 Å². The second kappa shape index (κ2) is 9.64. The van der Waals surface area contributed by atoms with E-state index in [2.05, 4.69) is 4.98 Å². The Labute approximate surface area is 183 Å². The Hall–Kier alpha value is -3.68. The van der Waals surface area contributed by atoms with Gasteiger partial charge in [0.05, 0.1) is 5.69 Å². The van der Waals surface area contributed by atoms with Crippen LogP contribution in [-0.2, 0) is 11.2 Å². The van der Waals surface area contributed by atoms with Gasteiger partial charge in [0, 0.05) is 36.6 Å². The second-order valence-corrected chi connectivity index (χ2v) is 7.21. The number of carbonyl (C=O) groups is 2. The molecule has 0 saturated heterocycles. The van der Waals surface area contributed by atoms with E-state index in [4.69, 9.17) is 0 Å². The molecule has 1 heterocycles. The zero-order valence-corrected chi connectivity index (χ0v) is 17.5. The molecule has 3 rings (SSSR count). The van der Waals surface area contributed by atoms with Gasteiger partial charge in [-0.3, -0.25) is 9.59 Å². The predicted molar refractivity (Wildman–Crippen MR) is 114 cm³/mol. The molecule has 0 aliphatic carbocycles. The summed E-state index contributed by atoms with van der Waals surface area (Å²) >= 11 is 0. The molecule has 0 bridgehead atoms. The molecule has 2 aromatic carbocycles. The smallest absolute Gasteiger partial charge is 0.226 e. The van der Waals surface area contributed by atoms with Crippen LogP contribution in [-0.4, -0.2) is 28.8 Å². The Balaban J connectivity index is 1.76. The first-order valence-corrected chi connectivity index (χ1v) is 9.94. The summed E-state index contributed by atoms with van der Waals surface area (Å²) in [6, 6.07) is 10.7. The Bertz CT molecular complexity index is 1180. The molecule has 0 radical (unpaired) electrons. The van der Waals surface area contributed by atoms with Crippen molar-refractivity contribution in [1.82, 2.24) is 4.98 Å². The molecule has 0 aliphatic rings. The molecular formula is C24H21F3N2O3. The summed E-state index contributed by atoms with van der Waals surface area (Å²) in [6.45, 7) is 1.68. The number of benzene rings is 2. The summed E-state index contributed by atoms with van der Waals surface area (Å²) in [5.74, 6) is -3.34. The summed E-state index contributed by atoms with van der Waals surface area (Å²) in [5.41, 5.74) is 1.12. The van der Waals surface area contributed by atoms with E-state index in [1.54, 1.807) is 13.0 Å². The maximum atomic E-state index is 14.6. The second-order valence-electron chi connectivity index (χ2n) is 7.21. The molecule has 0 fully saturated rings. The topological polar surface area (TPSA) is 70.5 Å². The van der Waals surface area contributed by atoms with Gasteiger partial charge in [-0.2, -0.15) is 13.8 Å². The van der Waals surface area contributed by atoms with Crippen LogP contribution in [0.15, 0.2) is 48.5 Å². The third-order valence-electron chi connectivity index (χ3n) is 5.13. The van der Waals surface area contributed by atoms with Crippen molar-refractivity contribution in [2.75, 3.05) is 11.9 Å². The highest BCUT2D eigenvalue weighted by Gasteiger charge is 2.16. The molecule has 0 atom stereocenters. The molecule has 0 unspecified atom stereocenters. The normalized spacial score (nSPS) is 10.8. The van der Waals surface area contributed by atoms with Gasteiger partial charge in [-0.1, -0.05) is 19.1 Å². The van der Waals surface area contributed by atoms with E-state index in [1.165, 1.54) is 48.3 Å². The van der Waals surface area contributed by atoms with E-state index in [0.29, 0.717) is 11.1 Å². The van der Waals surface area contributed by atoms with Gasteiger partial charge in [-0.15, -0.1) is 0 Å². The minimum atomic E-state index is -0.965. The van der Waals surface area contributed by atoms with Gasteiger partial charge in [-0.05, 0) is 48.4 Å². The van der Waals surface area contributed by atoms with E-state index < -0.39 is 17.7 Å². The number of aryl methyl sites for hydroxylation is 1. The number of aromatic nitrogens is 1. The standard InChI is InChI=1S/C24H21F3N2O3/c1-3-23(32)29(2)19-9-5-15(12-18(19)25)17-8-4-16(13-21(17)31)20(30)10-6-14-7-11-22(26)28-24(14)27/h4-5,7-9,11-13,31H,3,6,10H2,1-2H3. The van der Waals surface area contributed by atoms with Gasteiger partial charge in [0.15, 0.2) is 5.78 Å². The van der Waals surface area contributed by atoms with Crippen molar-refractivity contribution in [2.45, 2.75) is 26.2 Å². The number of nitrogens with zero attached hydrogens (tertiary/aromatic N) is 2. The first-order chi connectivity index (χ1) is 15.2. The summed E-state index contributed by atoms with van der Waals surface area (Å²) in [5, 5.41) is 10.4. The minimum absolute atomic E-state index is 0.0249. The van der Waals surface area contributed by atoms with Gasteiger partial charge in [0.1, 0.15) is 11.6 Å². The number of phenolic OH excluding ortho intramolecular Hbond substituents is 1. The molecule has 1 amide bonds. The summed E-state index contributed by atoms with van der Waals surface area (Å²) in [4.78, 5) is 28.5. The molecule has 1 aromatic heterocycles. The van der Waals surface area contributed by atoms with Crippen LogP contribution in [0.25, 0.3) is 11.1 Å². The molecule has 8 heteroatoms. The van der Waals surface area contributed by atoms with Crippen molar-refractivity contribution < 1.29 is 27.9 Å². The number of carbonyl (C=O) groups excluding carboxylic acids is 2. The van der Waals surface area contributed by atoms with Crippen molar-refractivity contribution in [3.63, 3.8) is 0 Å². The van der Waals surface area contributed by atoms with Crippen LogP contribution in [0, 0.1) is 17.7 Å². The molecular weight excluding hydrogens is 421 g/mol. The minimum Gasteiger partial charge on any atom is -0.507 e. The lowest BCUT2D eigenvalue weighted by Gasteiger charge is -2.18. The van der Waals surface area contributed by atoms with Gasteiger partial charge in [-0.25, -0.2) is 4.39 Å². The molecule has 0 aliphatic heterocycles. The van der Waals surface area contributed by atoms with Crippen molar-refractivity contribution in [3.05, 3.63) is 77.4 Å². The lowest BCUT2D eigenvalue weighted by atomic mass is 9.98. The zero-order valence-electron chi connectivity index (χ0n) is 17.5. The predicted octanol–water partition coefficient (Wildman–Crippen LogP) is 5.06. The van der Waals surface area contributed by atoms with Crippen molar-refractivity contribution in [1.29, 1.82) is 0 Å². The van der Waals surface area contributed by atoms with Crippen molar-refractivity contribution >= 4 is 17.4 Å². The van der Waals surface area contributed by atoms with Crippen LogP contribution in [0.4, 0.5) is 18.9 Å². The third-order valence-corrected chi connectivity index (χ3v) is 5.13. The van der Waals surface area contributed by atoms with Gasteiger partial charge in [0.2, 0.25) is 17.8 Å². The molecule has 166 valence electrons. The average molecular weight is 442 g/mol. The number of pyridine rings is 1. The highest BCUT2D eigenvalue weighted by Crippen LogP contribution is 2.33. The third kappa shape index (κ3) is 4.96. The van der Waals surface area contributed by atoms with Crippen LogP contribution in [0.5, 0.6) is 5.75 Å². The number of amides is 1. The lowest BCUT2D eigenvalue weighted by molar-refractivity contribution is -0.118. The Morgan fingerprint density at radius 2 is 1.78 bits per heavy atom. The zero-order chi connectivity index (χ0) is 23.4.